The zero-order chi connectivity index (χ0) is 18.6. The number of hydrogen-bond donors (Lipinski definition) is 2. The van der Waals surface area contributed by atoms with Gasteiger partial charge < -0.3 is 15.0 Å². The number of halogens is 1. The molecule has 7 nitrogen and oxygen atoms in total. The Bertz CT molecular complexity index is 882. The van der Waals surface area contributed by atoms with Crippen LogP contribution in [-0.2, 0) is 9.53 Å². The summed E-state index contributed by atoms with van der Waals surface area (Å²) in [5.74, 6) is -0.953. The number of benzene rings is 1. The number of carbonyl (C=O) groups is 2. The molecule has 0 radical (unpaired) electrons. The van der Waals surface area contributed by atoms with Crippen molar-refractivity contribution in [2.75, 3.05) is 18.2 Å². The van der Waals surface area contributed by atoms with E-state index in [1.807, 2.05) is 6.92 Å². The van der Waals surface area contributed by atoms with Crippen molar-refractivity contribution in [1.82, 2.24) is 9.97 Å². The highest BCUT2D eigenvalue weighted by Crippen LogP contribution is 2.23. The highest BCUT2D eigenvalue weighted by Gasteiger charge is 2.19. The minimum Gasteiger partial charge on any atom is -0.465 e. The number of amides is 1. The number of aromatic amines is 1. The molecule has 1 amide bonds. The topological polar surface area (TPSA) is 101 Å². The molecule has 0 unspecified atom stereocenters. The van der Waals surface area contributed by atoms with E-state index >= 15 is 0 Å². The van der Waals surface area contributed by atoms with Gasteiger partial charge in [-0.05, 0) is 37.6 Å². The van der Waals surface area contributed by atoms with Crippen LogP contribution in [0, 0.1) is 13.8 Å². The van der Waals surface area contributed by atoms with Gasteiger partial charge in [0.25, 0.3) is 0 Å². The summed E-state index contributed by atoms with van der Waals surface area (Å²) < 4.78 is 4.70. The first kappa shape index (κ1) is 19.0. The fraction of sp³-hybridized carbons (Fsp3) is 0.250. The molecular weight excluding hydrogens is 366 g/mol. The normalized spacial score (nSPS) is 10.4. The lowest BCUT2D eigenvalue weighted by Crippen LogP contribution is -2.20. The van der Waals surface area contributed by atoms with Crippen LogP contribution in [0.15, 0.2) is 28.0 Å². The predicted octanol–water partition coefficient (Wildman–Crippen LogP) is 2.56. The Morgan fingerprint density at radius 3 is 2.72 bits per heavy atom. The molecule has 2 aromatic rings. The van der Waals surface area contributed by atoms with Crippen LogP contribution in [0.5, 0.6) is 0 Å². The van der Waals surface area contributed by atoms with Gasteiger partial charge in [0.05, 0.1) is 12.9 Å². The fourth-order valence-corrected chi connectivity index (χ4v) is 3.19. The number of nitrogens with one attached hydrogen (secondary N) is 2. The van der Waals surface area contributed by atoms with Gasteiger partial charge in [0, 0.05) is 16.4 Å². The highest BCUT2D eigenvalue weighted by molar-refractivity contribution is 8.00. The van der Waals surface area contributed by atoms with E-state index in [0.29, 0.717) is 16.4 Å². The predicted molar refractivity (Wildman–Crippen MR) is 96.5 cm³/mol. The average Bonchev–Trinajstić information content (AvgIpc) is 2.54. The third-order valence-corrected chi connectivity index (χ3v) is 4.49. The molecule has 0 aliphatic carbocycles. The van der Waals surface area contributed by atoms with Gasteiger partial charge in [0.15, 0.2) is 0 Å². The minimum absolute atomic E-state index is 0.0258. The molecule has 2 rings (SSSR count). The molecule has 1 aromatic heterocycles. The number of hydrogen-bond acceptors (Lipinski definition) is 6. The maximum atomic E-state index is 12.1. The van der Waals surface area contributed by atoms with Crippen molar-refractivity contribution >= 4 is 40.9 Å². The summed E-state index contributed by atoms with van der Waals surface area (Å²) in [5.41, 5.74) is 1.34. The molecule has 1 aromatic carbocycles. The van der Waals surface area contributed by atoms with E-state index < -0.39 is 11.7 Å². The molecule has 9 heteroatoms. The van der Waals surface area contributed by atoms with Crippen LogP contribution in [0.1, 0.15) is 21.6 Å². The first-order valence-corrected chi connectivity index (χ1v) is 8.56. The lowest BCUT2D eigenvalue weighted by atomic mass is 10.2. The molecule has 0 atom stereocenters. The minimum atomic E-state index is -0.627. The molecular formula is C16H16ClN3O4S. The van der Waals surface area contributed by atoms with Crippen LogP contribution in [0.25, 0.3) is 0 Å². The van der Waals surface area contributed by atoms with Crippen molar-refractivity contribution in [3.8, 4) is 0 Å². The number of H-pyrrole nitrogens is 1. The van der Waals surface area contributed by atoms with Crippen LogP contribution in [0.4, 0.5) is 5.69 Å². The molecule has 1 heterocycles. The summed E-state index contributed by atoms with van der Waals surface area (Å²) in [4.78, 5) is 41.8. The summed E-state index contributed by atoms with van der Waals surface area (Å²) in [6.07, 6.45) is 0. The molecule has 2 N–H and O–H groups in total. The number of rotatable bonds is 5. The molecule has 0 fully saturated rings. The van der Waals surface area contributed by atoms with Crippen LogP contribution in [0.2, 0.25) is 5.02 Å². The second kappa shape index (κ2) is 8.17. The van der Waals surface area contributed by atoms with Gasteiger partial charge in [-0.15, -0.1) is 0 Å². The van der Waals surface area contributed by atoms with Crippen LogP contribution < -0.4 is 11.0 Å². The number of aryl methyl sites for hydroxylation is 2. The van der Waals surface area contributed by atoms with Gasteiger partial charge in [0.1, 0.15) is 10.6 Å². The molecule has 0 spiro atoms. The van der Waals surface area contributed by atoms with Crippen LogP contribution >= 0.6 is 23.4 Å². The first-order valence-electron chi connectivity index (χ1n) is 7.20. The van der Waals surface area contributed by atoms with Gasteiger partial charge in [-0.1, -0.05) is 23.4 Å². The van der Waals surface area contributed by atoms with E-state index in [4.69, 9.17) is 16.3 Å². The van der Waals surface area contributed by atoms with Gasteiger partial charge in [-0.2, -0.15) is 4.98 Å². The Kier molecular flexibility index (Phi) is 6.22. The summed E-state index contributed by atoms with van der Waals surface area (Å²) in [7, 11) is 1.23. The van der Waals surface area contributed by atoms with E-state index in [0.717, 1.165) is 17.3 Å². The van der Waals surface area contributed by atoms with Crippen LogP contribution in [-0.4, -0.2) is 34.7 Å². The number of anilines is 1. The van der Waals surface area contributed by atoms with E-state index in [1.165, 1.54) is 7.11 Å². The second-order valence-electron chi connectivity index (χ2n) is 5.13. The molecule has 25 heavy (non-hydrogen) atoms. The average molecular weight is 382 g/mol. The maximum absolute atomic E-state index is 12.1. The van der Waals surface area contributed by atoms with E-state index in [1.54, 1.807) is 25.1 Å². The summed E-state index contributed by atoms with van der Waals surface area (Å²) in [6, 6.07) is 5.12. The molecule has 0 aliphatic rings. The number of thioether (sulfide) groups is 1. The number of methoxy groups -OCH3 is 1. The Morgan fingerprint density at radius 1 is 1.36 bits per heavy atom. The molecule has 0 bridgehead atoms. The smallest absolute Gasteiger partial charge is 0.346 e. The largest absolute Gasteiger partial charge is 0.465 e. The Labute approximate surface area is 153 Å². The Balaban J connectivity index is 2.14. The number of carbonyl (C=O) groups excluding carboxylic acids is 2. The van der Waals surface area contributed by atoms with Gasteiger partial charge >= 0.3 is 11.7 Å². The Morgan fingerprint density at radius 2 is 2.08 bits per heavy atom. The SMILES string of the molecule is COC(=O)c1c(SCC(=O)Nc2ccc(Cl)cc2C)nc(=O)[nH]c1C. The van der Waals surface area contributed by atoms with E-state index in [2.05, 4.69) is 15.3 Å². The maximum Gasteiger partial charge on any atom is 0.346 e. The lowest BCUT2D eigenvalue weighted by Gasteiger charge is -2.10. The van der Waals surface area contributed by atoms with Crippen molar-refractivity contribution in [3.05, 3.63) is 50.5 Å². The molecule has 132 valence electrons. The monoisotopic (exact) mass is 381 g/mol. The fourth-order valence-electron chi connectivity index (χ4n) is 2.09. The van der Waals surface area contributed by atoms with Gasteiger partial charge in [0.2, 0.25) is 5.91 Å². The van der Waals surface area contributed by atoms with E-state index in [-0.39, 0.29) is 22.2 Å². The molecule has 0 aliphatic heterocycles. The standard InChI is InChI=1S/C16H16ClN3O4S/c1-8-6-10(17)4-5-11(8)19-12(21)7-25-14-13(15(22)24-3)9(2)18-16(23)20-14/h4-6H,7H2,1-3H3,(H,19,21)(H,18,20,23). The number of ether oxygens (including phenoxy) is 1. The van der Waals surface area contributed by atoms with Gasteiger partial charge in [-0.25, -0.2) is 9.59 Å². The number of aromatic nitrogens is 2. The quantitative estimate of drug-likeness (QED) is 0.469. The third-order valence-electron chi connectivity index (χ3n) is 3.28. The van der Waals surface area contributed by atoms with Crippen molar-refractivity contribution < 1.29 is 14.3 Å². The lowest BCUT2D eigenvalue weighted by molar-refractivity contribution is -0.113. The van der Waals surface area contributed by atoms with Crippen molar-refractivity contribution in [3.63, 3.8) is 0 Å². The zero-order valence-corrected chi connectivity index (χ0v) is 15.4. The van der Waals surface area contributed by atoms with E-state index in [9.17, 15) is 14.4 Å². The summed E-state index contributed by atoms with van der Waals surface area (Å²) in [6.45, 7) is 3.39. The Hall–Kier alpha value is -2.32. The van der Waals surface area contributed by atoms with Crippen molar-refractivity contribution in [2.45, 2.75) is 18.9 Å². The summed E-state index contributed by atoms with van der Waals surface area (Å²) >= 11 is 6.87. The van der Waals surface area contributed by atoms with Crippen molar-refractivity contribution in [1.29, 1.82) is 0 Å². The number of nitrogens with zero attached hydrogens (tertiary/aromatic N) is 1. The highest BCUT2D eigenvalue weighted by atomic mass is 35.5. The summed E-state index contributed by atoms with van der Waals surface area (Å²) in [5, 5.41) is 3.48. The van der Waals surface area contributed by atoms with Gasteiger partial charge in [-0.3, -0.25) is 4.79 Å². The second-order valence-corrected chi connectivity index (χ2v) is 6.54. The molecule has 0 saturated carbocycles. The molecule has 0 saturated heterocycles. The third kappa shape index (κ3) is 4.83. The van der Waals surface area contributed by atoms with Crippen molar-refractivity contribution in [2.24, 2.45) is 0 Å². The number of esters is 1. The first-order chi connectivity index (χ1) is 11.8. The van der Waals surface area contributed by atoms with Crippen LogP contribution in [0.3, 0.4) is 0 Å². The zero-order valence-electron chi connectivity index (χ0n) is 13.8.